The monoisotopic (exact) mass is 349 g/mol. The maximum Gasteiger partial charge on any atom is 0.325 e. The van der Waals surface area contributed by atoms with E-state index in [0.717, 1.165) is 0 Å². The maximum atomic E-state index is 12.5. The van der Waals surface area contributed by atoms with Crippen molar-refractivity contribution in [1.29, 1.82) is 0 Å². The largest absolute Gasteiger partial charge is 0.468 e. The first-order valence-corrected chi connectivity index (χ1v) is 8.32. The van der Waals surface area contributed by atoms with Gasteiger partial charge in [-0.3, -0.25) is 9.59 Å². The number of carbonyl (C=O) groups excluding carboxylic acids is 3. The van der Waals surface area contributed by atoms with Crippen molar-refractivity contribution < 1.29 is 19.1 Å². The molecular formula is C18H27N3O4. The Hall–Kier alpha value is -2.57. The molecule has 3 amide bonds. The summed E-state index contributed by atoms with van der Waals surface area (Å²) < 4.78 is 4.48. The van der Waals surface area contributed by atoms with Crippen molar-refractivity contribution in [2.75, 3.05) is 25.5 Å². The van der Waals surface area contributed by atoms with Crippen LogP contribution in [0.3, 0.4) is 0 Å². The Morgan fingerprint density at radius 2 is 1.88 bits per heavy atom. The Morgan fingerprint density at radius 3 is 2.44 bits per heavy atom. The lowest BCUT2D eigenvalue weighted by atomic mass is 10.1. The predicted octanol–water partition coefficient (Wildman–Crippen LogP) is 2.49. The minimum Gasteiger partial charge on any atom is -0.468 e. The molecule has 0 radical (unpaired) electrons. The number of rotatable bonds is 7. The number of carbonyl (C=O) groups is 3. The zero-order valence-corrected chi connectivity index (χ0v) is 15.5. The number of amides is 3. The van der Waals surface area contributed by atoms with E-state index < -0.39 is 11.9 Å². The van der Waals surface area contributed by atoms with Gasteiger partial charge in [-0.1, -0.05) is 19.9 Å². The van der Waals surface area contributed by atoms with E-state index in [4.69, 9.17) is 0 Å². The number of hydrogen-bond donors (Lipinski definition) is 2. The molecule has 7 heteroatoms. The third-order valence-electron chi connectivity index (χ3n) is 4.05. The Bertz CT molecular complexity index is 616. The highest BCUT2D eigenvalue weighted by molar-refractivity contribution is 5.98. The van der Waals surface area contributed by atoms with Crippen LogP contribution < -0.4 is 10.6 Å². The summed E-state index contributed by atoms with van der Waals surface area (Å²) in [5.74, 6) is -0.607. The lowest BCUT2D eigenvalue weighted by molar-refractivity contribution is -0.139. The highest BCUT2D eigenvalue weighted by atomic mass is 16.5. The number of esters is 1. The molecule has 7 nitrogen and oxygen atoms in total. The van der Waals surface area contributed by atoms with Gasteiger partial charge in [0.05, 0.1) is 7.11 Å². The normalized spacial score (nSPS) is 11.6. The lowest BCUT2D eigenvalue weighted by Gasteiger charge is -2.30. The average Bonchev–Trinajstić information content (AvgIpc) is 2.59. The van der Waals surface area contributed by atoms with Crippen LogP contribution in [0.25, 0.3) is 0 Å². The summed E-state index contributed by atoms with van der Waals surface area (Å²) in [7, 11) is 1.25. The van der Waals surface area contributed by atoms with Gasteiger partial charge >= 0.3 is 12.0 Å². The van der Waals surface area contributed by atoms with Crippen LogP contribution in [0.2, 0.25) is 0 Å². The van der Waals surface area contributed by atoms with Crippen LogP contribution in [0.1, 0.15) is 38.1 Å². The molecule has 1 aromatic carbocycles. The number of methoxy groups -OCH3 is 1. The number of nitrogens with one attached hydrogen (secondary N) is 2. The quantitative estimate of drug-likeness (QED) is 0.740. The molecule has 0 aromatic heterocycles. The molecule has 0 spiro atoms. The number of ether oxygens (including phenoxy) is 1. The van der Waals surface area contributed by atoms with Crippen LogP contribution in [0.15, 0.2) is 24.3 Å². The summed E-state index contributed by atoms with van der Waals surface area (Å²) in [6.45, 7) is 8.44. The first-order chi connectivity index (χ1) is 11.8. The van der Waals surface area contributed by atoms with Crippen molar-refractivity contribution in [2.45, 2.75) is 33.7 Å². The molecule has 0 fully saturated rings. The van der Waals surface area contributed by atoms with Crippen LogP contribution in [-0.2, 0) is 9.53 Å². The van der Waals surface area contributed by atoms with Gasteiger partial charge < -0.3 is 20.3 Å². The molecule has 0 aliphatic heterocycles. The van der Waals surface area contributed by atoms with Gasteiger partial charge in [-0.05, 0) is 38.0 Å². The summed E-state index contributed by atoms with van der Waals surface area (Å²) in [5, 5.41) is 5.28. The SMILES string of the molecule is CCN(C(=O)Nc1cccc(C(=O)NCC(=O)OC)c1)[C@H](C)C(C)C. The molecule has 138 valence electrons. The summed E-state index contributed by atoms with van der Waals surface area (Å²) in [6.07, 6.45) is 0. The fourth-order valence-electron chi connectivity index (χ4n) is 2.24. The van der Waals surface area contributed by atoms with E-state index in [2.05, 4.69) is 29.2 Å². The first kappa shape index (κ1) is 20.5. The van der Waals surface area contributed by atoms with E-state index in [1.807, 2.05) is 13.8 Å². The van der Waals surface area contributed by atoms with Crippen LogP contribution in [0.5, 0.6) is 0 Å². The van der Waals surface area contributed by atoms with Gasteiger partial charge in [-0.2, -0.15) is 0 Å². The molecule has 0 saturated carbocycles. The fraction of sp³-hybridized carbons (Fsp3) is 0.500. The van der Waals surface area contributed by atoms with Gasteiger partial charge in [-0.15, -0.1) is 0 Å². The average molecular weight is 349 g/mol. The van der Waals surface area contributed by atoms with Crippen molar-refractivity contribution in [2.24, 2.45) is 5.92 Å². The van der Waals surface area contributed by atoms with Crippen molar-refractivity contribution in [3.63, 3.8) is 0 Å². The zero-order chi connectivity index (χ0) is 19.0. The lowest BCUT2D eigenvalue weighted by Crippen LogP contribution is -2.43. The second kappa shape index (κ2) is 9.66. The minimum atomic E-state index is -0.529. The second-order valence-corrected chi connectivity index (χ2v) is 6.04. The fourth-order valence-corrected chi connectivity index (χ4v) is 2.24. The molecule has 1 aromatic rings. The van der Waals surface area contributed by atoms with Gasteiger partial charge in [-0.25, -0.2) is 4.79 Å². The first-order valence-electron chi connectivity index (χ1n) is 8.32. The molecule has 0 heterocycles. The third-order valence-corrected chi connectivity index (χ3v) is 4.05. The molecular weight excluding hydrogens is 322 g/mol. The Morgan fingerprint density at radius 1 is 1.20 bits per heavy atom. The Balaban J connectivity index is 2.78. The van der Waals surface area contributed by atoms with Gasteiger partial charge in [0, 0.05) is 23.8 Å². The number of hydrogen-bond acceptors (Lipinski definition) is 4. The van der Waals surface area contributed by atoms with Crippen LogP contribution in [0, 0.1) is 5.92 Å². The summed E-state index contributed by atoms with van der Waals surface area (Å²) in [4.78, 5) is 37.4. The number of urea groups is 1. The Labute approximate surface area is 148 Å². The molecule has 0 aliphatic rings. The summed E-state index contributed by atoms with van der Waals surface area (Å²) in [5.41, 5.74) is 0.867. The van der Waals surface area contributed by atoms with Crippen LogP contribution >= 0.6 is 0 Å². The van der Waals surface area contributed by atoms with Crippen molar-refractivity contribution in [1.82, 2.24) is 10.2 Å². The molecule has 1 atom stereocenters. The van der Waals surface area contributed by atoms with Crippen LogP contribution in [-0.4, -0.2) is 49.0 Å². The maximum absolute atomic E-state index is 12.5. The summed E-state index contributed by atoms with van der Waals surface area (Å²) in [6, 6.07) is 6.44. The standard InChI is InChI=1S/C18H27N3O4/c1-6-21(13(4)12(2)3)18(24)20-15-9-7-8-14(10-15)17(23)19-11-16(22)25-5/h7-10,12-13H,6,11H2,1-5H3,(H,19,23)(H,20,24)/t13-/m1/s1. The van der Waals surface area contributed by atoms with Crippen LogP contribution in [0.4, 0.5) is 10.5 Å². The number of nitrogens with zero attached hydrogens (tertiary/aromatic N) is 1. The molecule has 0 bridgehead atoms. The van der Waals surface area contributed by atoms with Crippen molar-refractivity contribution in [3.05, 3.63) is 29.8 Å². The topological polar surface area (TPSA) is 87.7 Å². The van der Waals surface area contributed by atoms with E-state index in [1.54, 1.807) is 29.2 Å². The van der Waals surface area contributed by atoms with E-state index in [1.165, 1.54) is 7.11 Å². The number of anilines is 1. The van der Waals surface area contributed by atoms with E-state index in [-0.39, 0.29) is 18.6 Å². The van der Waals surface area contributed by atoms with Gasteiger partial charge in [0.2, 0.25) is 0 Å². The number of benzene rings is 1. The molecule has 0 aliphatic carbocycles. The van der Waals surface area contributed by atoms with Gasteiger partial charge in [0.15, 0.2) is 0 Å². The summed E-state index contributed by atoms with van der Waals surface area (Å²) >= 11 is 0. The highest BCUT2D eigenvalue weighted by Gasteiger charge is 2.21. The molecule has 2 N–H and O–H groups in total. The smallest absolute Gasteiger partial charge is 0.325 e. The third kappa shape index (κ3) is 6.10. The zero-order valence-electron chi connectivity index (χ0n) is 15.5. The van der Waals surface area contributed by atoms with Gasteiger partial charge in [0.1, 0.15) is 6.54 Å². The predicted molar refractivity (Wildman–Crippen MR) is 96.5 cm³/mol. The van der Waals surface area contributed by atoms with Crippen molar-refractivity contribution >= 4 is 23.6 Å². The minimum absolute atomic E-state index is 0.0940. The van der Waals surface area contributed by atoms with Gasteiger partial charge in [0.25, 0.3) is 5.91 Å². The highest BCUT2D eigenvalue weighted by Crippen LogP contribution is 2.15. The molecule has 1 rings (SSSR count). The van der Waals surface area contributed by atoms with E-state index in [9.17, 15) is 14.4 Å². The molecule has 25 heavy (non-hydrogen) atoms. The second-order valence-electron chi connectivity index (χ2n) is 6.04. The van der Waals surface area contributed by atoms with Crippen molar-refractivity contribution in [3.8, 4) is 0 Å². The molecule has 0 saturated heterocycles. The Kier molecular flexibility index (Phi) is 7.91. The molecule has 0 unspecified atom stereocenters. The van der Waals surface area contributed by atoms with E-state index in [0.29, 0.717) is 23.7 Å². The van der Waals surface area contributed by atoms with E-state index >= 15 is 0 Å².